The average molecular weight is 293 g/mol. The number of alkyl halides is 3. The molecule has 2 N–H and O–H groups in total. The first-order valence-corrected chi connectivity index (χ1v) is 6.25. The second-order valence-corrected chi connectivity index (χ2v) is 3.90. The summed E-state index contributed by atoms with van der Waals surface area (Å²) in [4.78, 5) is 0. The van der Waals surface area contributed by atoms with Crippen molar-refractivity contribution in [3.05, 3.63) is 23.8 Å². The van der Waals surface area contributed by atoms with Crippen molar-refractivity contribution in [3.63, 3.8) is 0 Å². The second kappa shape index (κ2) is 7.96. The fourth-order valence-corrected chi connectivity index (χ4v) is 1.57. The first-order valence-electron chi connectivity index (χ1n) is 6.25. The van der Waals surface area contributed by atoms with E-state index in [1.165, 1.54) is 0 Å². The van der Waals surface area contributed by atoms with Gasteiger partial charge in [0.1, 0.15) is 6.61 Å². The van der Waals surface area contributed by atoms with Crippen molar-refractivity contribution < 1.29 is 27.4 Å². The highest BCUT2D eigenvalue weighted by atomic mass is 19.4. The van der Waals surface area contributed by atoms with Gasteiger partial charge in [-0.1, -0.05) is 6.07 Å². The van der Waals surface area contributed by atoms with Gasteiger partial charge in [-0.3, -0.25) is 4.74 Å². The van der Waals surface area contributed by atoms with Crippen LogP contribution >= 0.6 is 0 Å². The van der Waals surface area contributed by atoms with E-state index in [2.05, 4.69) is 4.74 Å². The summed E-state index contributed by atoms with van der Waals surface area (Å²) in [6.07, 6.45) is -3.95. The van der Waals surface area contributed by atoms with Gasteiger partial charge in [0.2, 0.25) is 0 Å². The molecular weight excluding hydrogens is 275 g/mol. The summed E-state index contributed by atoms with van der Waals surface area (Å²) in [5, 5.41) is 0. The minimum atomic E-state index is -4.64. The Kier molecular flexibility index (Phi) is 6.60. The summed E-state index contributed by atoms with van der Waals surface area (Å²) >= 11 is 0. The molecule has 4 nitrogen and oxygen atoms in total. The van der Waals surface area contributed by atoms with Crippen LogP contribution in [0, 0.1) is 0 Å². The molecule has 0 atom stereocenters. The topological polar surface area (TPSA) is 53.7 Å². The zero-order valence-electron chi connectivity index (χ0n) is 11.2. The predicted octanol–water partition coefficient (Wildman–Crippen LogP) is 2.50. The molecule has 0 unspecified atom stereocenters. The average Bonchev–Trinajstić information content (AvgIpc) is 2.36. The summed E-state index contributed by atoms with van der Waals surface area (Å²) in [6, 6.07) is 5.23. The van der Waals surface area contributed by atoms with E-state index in [-0.39, 0.29) is 6.61 Å². The van der Waals surface area contributed by atoms with Gasteiger partial charge in [0.25, 0.3) is 0 Å². The van der Waals surface area contributed by atoms with E-state index in [0.29, 0.717) is 31.1 Å². The lowest BCUT2D eigenvalue weighted by molar-refractivity contribution is -0.325. The molecule has 114 valence electrons. The molecule has 0 spiro atoms. The summed E-state index contributed by atoms with van der Waals surface area (Å²) < 4.78 is 49.7. The normalized spacial score (nSPS) is 11.4. The van der Waals surface area contributed by atoms with Crippen LogP contribution in [0.2, 0.25) is 0 Å². The van der Waals surface area contributed by atoms with Crippen molar-refractivity contribution in [2.24, 2.45) is 5.73 Å². The third-order valence-electron chi connectivity index (χ3n) is 2.35. The van der Waals surface area contributed by atoms with E-state index >= 15 is 0 Å². The van der Waals surface area contributed by atoms with E-state index in [1.54, 1.807) is 18.2 Å². The summed E-state index contributed by atoms with van der Waals surface area (Å²) in [6.45, 7) is 1.97. The molecule has 7 heteroatoms. The Bertz CT molecular complexity index is 410. The van der Waals surface area contributed by atoms with Crippen molar-refractivity contribution in [3.8, 4) is 11.5 Å². The molecule has 1 aromatic rings. The Morgan fingerprint density at radius 1 is 1.10 bits per heavy atom. The first-order chi connectivity index (χ1) is 9.46. The lowest BCUT2D eigenvalue weighted by atomic mass is 10.1. The third kappa shape index (κ3) is 6.12. The van der Waals surface area contributed by atoms with Gasteiger partial charge >= 0.3 is 6.36 Å². The van der Waals surface area contributed by atoms with Crippen LogP contribution in [0.3, 0.4) is 0 Å². The van der Waals surface area contributed by atoms with E-state index < -0.39 is 13.0 Å². The molecule has 0 aliphatic heterocycles. The zero-order chi connectivity index (χ0) is 15.0. The van der Waals surface area contributed by atoms with Crippen LogP contribution in [0.5, 0.6) is 11.5 Å². The van der Waals surface area contributed by atoms with Gasteiger partial charge in [-0.15, -0.1) is 13.2 Å². The molecule has 0 fully saturated rings. The molecule has 0 aliphatic rings. The standard InChI is InChI=1S/C13H18F3NO3/c1-2-18-12-9-10(5-6-17)3-4-11(12)19-7-8-20-13(14,15)16/h3-4,9H,2,5-8,17H2,1H3. The van der Waals surface area contributed by atoms with Crippen molar-refractivity contribution in [2.75, 3.05) is 26.4 Å². The minimum absolute atomic E-state index is 0.212. The number of halogens is 3. The van der Waals surface area contributed by atoms with Gasteiger partial charge in [0.05, 0.1) is 13.2 Å². The molecular formula is C13H18F3NO3. The maximum Gasteiger partial charge on any atom is 0.522 e. The number of hydrogen-bond acceptors (Lipinski definition) is 4. The van der Waals surface area contributed by atoms with Crippen molar-refractivity contribution in [2.45, 2.75) is 19.7 Å². The Hall–Kier alpha value is -1.47. The van der Waals surface area contributed by atoms with Crippen LogP contribution in [0.4, 0.5) is 13.2 Å². The quantitative estimate of drug-likeness (QED) is 0.748. The van der Waals surface area contributed by atoms with Gasteiger partial charge in [-0.25, -0.2) is 0 Å². The highest BCUT2D eigenvalue weighted by Gasteiger charge is 2.28. The molecule has 0 bridgehead atoms. The molecule has 0 heterocycles. The molecule has 0 saturated heterocycles. The maximum absolute atomic E-state index is 11.8. The fraction of sp³-hybridized carbons (Fsp3) is 0.538. The van der Waals surface area contributed by atoms with Crippen LogP contribution in [-0.4, -0.2) is 32.7 Å². The van der Waals surface area contributed by atoms with E-state index in [9.17, 15) is 13.2 Å². The largest absolute Gasteiger partial charge is 0.522 e. The van der Waals surface area contributed by atoms with Crippen molar-refractivity contribution in [1.82, 2.24) is 0 Å². The molecule has 0 saturated carbocycles. The number of rotatable bonds is 8. The third-order valence-corrected chi connectivity index (χ3v) is 2.35. The minimum Gasteiger partial charge on any atom is -0.490 e. The van der Waals surface area contributed by atoms with Crippen LogP contribution in [0.15, 0.2) is 18.2 Å². The number of hydrogen-bond donors (Lipinski definition) is 1. The maximum atomic E-state index is 11.8. The first kappa shape index (κ1) is 16.6. The number of benzene rings is 1. The molecule has 0 amide bonds. The Morgan fingerprint density at radius 3 is 2.45 bits per heavy atom. The monoisotopic (exact) mass is 293 g/mol. The Morgan fingerprint density at radius 2 is 1.85 bits per heavy atom. The van der Waals surface area contributed by atoms with Gasteiger partial charge in [-0.2, -0.15) is 0 Å². The molecule has 1 rings (SSSR count). The van der Waals surface area contributed by atoms with Crippen LogP contribution in [0.25, 0.3) is 0 Å². The predicted molar refractivity (Wildman–Crippen MR) is 67.9 cm³/mol. The Labute approximate surface area is 115 Å². The van der Waals surface area contributed by atoms with E-state index in [4.69, 9.17) is 15.2 Å². The van der Waals surface area contributed by atoms with Crippen molar-refractivity contribution >= 4 is 0 Å². The fourth-order valence-electron chi connectivity index (χ4n) is 1.57. The van der Waals surface area contributed by atoms with Gasteiger partial charge < -0.3 is 15.2 Å². The summed E-state index contributed by atoms with van der Waals surface area (Å²) in [7, 11) is 0. The molecule has 20 heavy (non-hydrogen) atoms. The highest BCUT2D eigenvalue weighted by Crippen LogP contribution is 2.28. The molecule has 0 aliphatic carbocycles. The highest BCUT2D eigenvalue weighted by molar-refractivity contribution is 5.43. The van der Waals surface area contributed by atoms with E-state index in [0.717, 1.165) is 5.56 Å². The zero-order valence-corrected chi connectivity index (χ0v) is 11.2. The Balaban J connectivity index is 2.59. The molecule has 1 aromatic carbocycles. The SMILES string of the molecule is CCOc1cc(CCN)ccc1OCCOC(F)(F)F. The summed E-state index contributed by atoms with van der Waals surface area (Å²) in [5.74, 6) is 0.879. The van der Waals surface area contributed by atoms with Gasteiger partial charge in [0.15, 0.2) is 11.5 Å². The molecule has 0 radical (unpaired) electrons. The van der Waals surface area contributed by atoms with E-state index in [1.807, 2.05) is 6.92 Å². The second-order valence-electron chi connectivity index (χ2n) is 3.90. The van der Waals surface area contributed by atoms with Crippen LogP contribution in [-0.2, 0) is 11.2 Å². The smallest absolute Gasteiger partial charge is 0.490 e. The molecule has 0 aromatic heterocycles. The lowest BCUT2D eigenvalue weighted by Crippen LogP contribution is -2.18. The number of ether oxygens (including phenoxy) is 3. The van der Waals surface area contributed by atoms with Crippen LogP contribution in [0.1, 0.15) is 12.5 Å². The van der Waals surface area contributed by atoms with Crippen molar-refractivity contribution in [1.29, 1.82) is 0 Å². The summed E-state index contributed by atoms with van der Waals surface area (Å²) in [5.41, 5.74) is 6.45. The van der Waals surface area contributed by atoms with Crippen LogP contribution < -0.4 is 15.2 Å². The lowest BCUT2D eigenvalue weighted by Gasteiger charge is -2.14. The van der Waals surface area contributed by atoms with Gasteiger partial charge in [0, 0.05) is 0 Å². The van der Waals surface area contributed by atoms with Gasteiger partial charge in [-0.05, 0) is 37.6 Å². The number of nitrogens with two attached hydrogens (primary N) is 1.